The fourth-order valence-corrected chi connectivity index (χ4v) is 1.99. The van der Waals surface area contributed by atoms with Gasteiger partial charge < -0.3 is 14.9 Å². The fraction of sp³-hybridized carbons (Fsp3) is 0.400. The number of nitrogens with zero attached hydrogens (tertiary/aromatic N) is 2. The molecule has 0 aliphatic heterocycles. The van der Waals surface area contributed by atoms with E-state index in [4.69, 9.17) is 9.63 Å². The first kappa shape index (κ1) is 15.2. The van der Waals surface area contributed by atoms with Gasteiger partial charge in [0.1, 0.15) is 0 Å². The zero-order chi connectivity index (χ0) is 15.2. The van der Waals surface area contributed by atoms with Gasteiger partial charge in [0.25, 0.3) is 5.91 Å². The van der Waals surface area contributed by atoms with Crippen LogP contribution in [-0.4, -0.2) is 33.8 Å². The summed E-state index contributed by atoms with van der Waals surface area (Å²) in [6.45, 7) is 4.02. The van der Waals surface area contributed by atoms with Crippen LogP contribution in [0.2, 0.25) is 0 Å². The molecule has 0 aromatic carbocycles. The molecule has 0 aliphatic rings. The van der Waals surface area contributed by atoms with E-state index in [-0.39, 0.29) is 30.2 Å². The Labute approximate surface area is 123 Å². The minimum Gasteiger partial charge on any atom is -0.396 e. The Bertz CT molecular complexity index is 581. The summed E-state index contributed by atoms with van der Waals surface area (Å²) in [6.07, 6.45) is 3.81. The molecule has 1 unspecified atom stereocenters. The van der Waals surface area contributed by atoms with Crippen molar-refractivity contribution < 1.29 is 14.4 Å². The molecule has 0 saturated carbocycles. The summed E-state index contributed by atoms with van der Waals surface area (Å²) >= 11 is 0. The van der Waals surface area contributed by atoms with Crippen LogP contribution in [0.15, 0.2) is 35.1 Å². The minimum absolute atomic E-state index is 0.0320. The van der Waals surface area contributed by atoms with Crippen molar-refractivity contribution in [3.63, 3.8) is 0 Å². The number of amides is 1. The predicted molar refractivity (Wildman–Crippen MR) is 77.5 cm³/mol. The molecule has 1 atom stereocenters. The molecule has 0 aliphatic carbocycles. The van der Waals surface area contributed by atoms with E-state index in [1.807, 2.05) is 13.8 Å². The molecule has 21 heavy (non-hydrogen) atoms. The Kier molecular flexibility index (Phi) is 5.05. The third-order valence-corrected chi connectivity index (χ3v) is 3.27. The van der Waals surface area contributed by atoms with Crippen LogP contribution in [0.25, 0.3) is 11.3 Å². The molecule has 1 amide bonds. The predicted octanol–water partition coefficient (Wildman–Crippen LogP) is 1.87. The van der Waals surface area contributed by atoms with E-state index in [0.29, 0.717) is 12.2 Å². The second-order valence-corrected chi connectivity index (χ2v) is 5.15. The van der Waals surface area contributed by atoms with E-state index in [9.17, 15) is 4.79 Å². The number of pyridine rings is 1. The standard InChI is InChI=1S/C15H19N3O3/c1-10(2)12(5-8-19)17-15(20)13-9-14(21-18-13)11-3-6-16-7-4-11/h3-4,6-7,9-10,12,19H,5,8H2,1-2H3,(H,17,20). The third-order valence-electron chi connectivity index (χ3n) is 3.27. The van der Waals surface area contributed by atoms with E-state index in [0.717, 1.165) is 5.56 Å². The maximum absolute atomic E-state index is 12.2. The van der Waals surface area contributed by atoms with Crippen LogP contribution in [0.4, 0.5) is 0 Å². The van der Waals surface area contributed by atoms with Crippen molar-refractivity contribution in [3.8, 4) is 11.3 Å². The van der Waals surface area contributed by atoms with E-state index >= 15 is 0 Å². The Morgan fingerprint density at radius 1 is 1.38 bits per heavy atom. The number of aliphatic hydroxyl groups excluding tert-OH is 1. The van der Waals surface area contributed by atoms with E-state index in [1.54, 1.807) is 30.6 Å². The van der Waals surface area contributed by atoms with Crippen molar-refractivity contribution in [2.75, 3.05) is 6.61 Å². The van der Waals surface area contributed by atoms with Gasteiger partial charge in [-0.3, -0.25) is 9.78 Å². The van der Waals surface area contributed by atoms with E-state index in [1.165, 1.54) is 0 Å². The molecule has 2 aromatic heterocycles. The first-order valence-electron chi connectivity index (χ1n) is 6.90. The highest BCUT2D eigenvalue weighted by Crippen LogP contribution is 2.19. The number of hydrogen-bond acceptors (Lipinski definition) is 5. The van der Waals surface area contributed by atoms with Crippen LogP contribution >= 0.6 is 0 Å². The van der Waals surface area contributed by atoms with Gasteiger partial charge in [0.15, 0.2) is 11.5 Å². The number of rotatable bonds is 6. The fourth-order valence-electron chi connectivity index (χ4n) is 1.99. The first-order chi connectivity index (χ1) is 10.1. The molecule has 2 rings (SSSR count). The molecule has 2 heterocycles. The van der Waals surface area contributed by atoms with Gasteiger partial charge in [-0.15, -0.1) is 0 Å². The summed E-state index contributed by atoms with van der Waals surface area (Å²) in [4.78, 5) is 16.1. The average molecular weight is 289 g/mol. The monoisotopic (exact) mass is 289 g/mol. The van der Waals surface area contributed by atoms with Crippen molar-refractivity contribution >= 4 is 5.91 Å². The zero-order valence-electron chi connectivity index (χ0n) is 12.1. The second kappa shape index (κ2) is 6.99. The highest BCUT2D eigenvalue weighted by molar-refractivity contribution is 5.93. The molecule has 0 bridgehead atoms. The summed E-state index contributed by atoms with van der Waals surface area (Å²) in [6, 6.07) is 5.07. The molecule has 2 aromatic rings. The van der Waals surface area contributed by atoms with Crippen LogP contribution < -0.4 is 5.32 Å². The van der Waals surface area contributed by atoms with Gasteiger partial charge in [-0.1, -0.05) is 19.0 Å². The lowest BCUT2D eigenvalue weighted by Gasteiger charge is -2.20. The molecule has 0 saturated heterocycles. The minimum atomic E-state index is -0.300. The average Bonchev–Trinajstić information content (AvgIpc) is 2.97. The van der Waals surface area contributed by atoms with Crippen LogP contribution in [0, 0.1) is 5.92 Å². The summed E-state index contributed by atoms with van der Waals surface area (Å²) < 4.78 is 5.19. The molecule has 0 spiro atoms. The summed E-state index contributed by atoms with van der Waals surface area (Å²) in [7, 11) is 0. The van der Waals surface area contributed by atoms with E-state index < -0.39 is 0 Å². The van der Waals surface area contributed by atoms with Crippen LogP contribution in [0.5, 0.6) is 0 Å². The third kappa shape index (κ3) is 3.88. The van der Waals surface area contributed by atoms with Gasteiger partial charge in [-0.05, 0) is 24.5 Å². The maximum Gasteiger partial charge on any atom is 0.273 e. The molecule has 2 N–H and O–H groups in total. The highest BCUT2D eigenvalue weighted by atomic mass is 16.5. The Balaban J connectivity index is 2.08. The smallest absolute Gasteiger partial charge is 0.273 e. The van der Waals surface area contributed by atoms with Gasteiger partial charge in [0.05, 0.1) is 0 Å². The number of aliphatic hydroxyl groups is 1. The van der Waals surface area contributed by atoms with Crippen LogP contribution in [0.1, 0.15) is 30.8 Å². The van der Waals surface area contributed by atoms with Gasteiger partial charge in [-0.25, -0.2) is 0 Å². The Morgan fingerprint density at radius 3 is 2.71 bits per heavy atom. The number of nitrogens with one attached hydrogen (secondary N) is 1. The molecular formula is C15H19N3O3. The lowest BCUT2D eigenvalue weighted by molar-refractivity contribution is 0.0907. The van der Waals surface area contributed by atoms with Crippen LogP contribution in [0.3, 0.4) is 0 Å². The molecule has 112 valence electrons. The van der Waals surface area contributed by atoms with Crippen molar-refractivity contribution in [2.24, 2.45) is 5.92 Å². The van der Waals surface area contributed by atoms with Crippen molar-refractivity contribution in [1.29, 1.82) is 0 Å². The summed E-state index contributed by atoms with van der Waals surface area (Å²) in [5.41, 5.74) is 1.04. The number of aromatic nitrogens is 2. The van der Waals surface area contributed by atoms with E-state index in [2.05, 4.69) is 15.5 Å². The highest BCUT2D eigenvalue weighted by Gasteiger charge is 2.19. The summed E-state index contributed by atoms with van der Waals surface area (Å²) in [5.74, 6) is 0.449. The normalized spacial score (nSPS) is 12.4. The molecular weight excluding hydrogens is 270 g/mol. The Morgan fingerprint density at radius 2 is 2.10 bits per heavy atom. The van der Waals surface area contributed by atoms with Crippen LogP contribution in [-0.2, 0) is 0 Å². The Hall–Kier alpha value is -2.21. The lowest BCUT2D eigenvalue weighted by atomic mass is 10.0. The van der Waals surface area contributed by atoms with Crippen molar-refractivity contribution in [1.82, 2.24) is 15.5 Å². The molecule has 6 heteroatoms. The van der Waals surface area contributed by atoms with Crippen molar-refractivity contribution in [3.05, 3.63) is 36.3 Å². The SMILES string of the molecule is CC(C)C(CCO)NC(=O)c1cc(-c2ccncc2)on1. The maximum atomic E-state index is 12.2. The molecule has 0 radical (unpaired) electrons. The van der Waals surface area contributed by atoms with Gasteiger partial charge in [0.2, 0.25) is 0 Å². The van der Waals surface area contributed by atoms with Gasteiger partial charge in [-0.2, -0.15) is 0 Å². The molecule has 0 fully saturated rings. The second-order valence-electron chi connectivity index (χ2n) is 5.15. The lowest BCUT2D eigenvalue weighted by Crippen LogP contribution is -2.39. The molecule has 6 nitrogen and oxygen atoms in total. The first-order valence-corrected chi connectivity index (χ1v) is 6.90. The number of hydrogen-bond donors (Lipinski definition) is 2. The topological polar surface area (TPSA) is 88.2 Å². The van der Waals surface area contributed by atoms with Gasteiger partial charge >= 0.3 is 0 Å². The van der Waals surface area contributed by atoms with Crippen molar-refractivity contribution in [2.45, 2.75) is 26.3 Å². The van der Waals surface area contributed by atoms with Gasteiger partial charge in [0, 0.05) is 36.7 Å². The quantitative estimate of drug-likeness (QED) is 0.847. The number of carbonyl (C=O) groups excluding carboxylic acids is 1. The number of carbonyl (C=O) groups is 1. The zero-order valence-corrected chi connectivity index (χ0v) is 12.1. The summed E-state index contributed by atoms with van der Waals surface area (Å²) in [5, 5.41) is 15.7. The largest absolute Gasteiger partial charge is 0.396 e.